The van der Waals surface area contributed by atoms with Crippen molar-refractivity contribution in [2.75, 3.05) is 0 Å². The zero-order valence-electron chi connectivity index (χ0n) is 30.5. The summed E-state index contributed by atoms with van der Waals surface area (Å²) in [6, 6.07) is 55.2. The standard InChI is InChI=1S/2C24H17.C3H6.2ClH.Hf/c2*1-16-13-17-9-6-12-22(23(17)14-16)24-20-10-4-2-7-18(20)15-19-8-3-5-11-21(19)24;1-3-2;;;/h2*2-15H,1H3;1-3H2;2*1H;/q;;;;;+2/p-2. The quantitative estimate of drug-likeness (QED) is 0.123. The zero-order chi connectivity index (χ0) is 34.6. The smallest absolute Gasteiger partial charge is 1.00 e. The second-order valence-corrected chi connectivity index (χ2v) is 32.3. The molecule has 54 heavy (non-hydrogen) atoms. The van der Waals surface area contributed by atoms with E-state index in [1.807, 2.05) is 0 Å². The summed E-state index contributed by atoms with van der Waals surface area (Å²) in [6.07, 6.45) is 6.61. The topological polar surface area (TPSA) is 0 Å². The third-order valence-corrected chi connectivity index (χ3v) is 36.1. The molecule has 1 aliphatic heterocycles. The summed E-state index contributed by atoms with van der Waals surface area (Å²) in [4.78, 5) is 0. The Morgan fingerprint density at radius 3 is 1.11 bits per heavy atom. The van der Waals surface area contributed by atoms with Gasteiger partial charge in [0.25, 0.3) is 0 Å². The van der Waals surface area contributed by atoms with Crippen molar-refractivity contribution in [1.29, 1.82) is 0 Å². The summed E-state index contributed by atoms with van der Waals surface area (Å²) in [6.45, 7) is 4.95. The first-order valence-electron chi connectivity index (χ1n) is 19.0. The molecule has 11 rings (SSSR count). The van der Waals surface area contributed by atoms with E-state index >= 15 is 0 Å². The van der Waals surface area contributed by atoms with Crippen LogP contribution in [-0.2, 0) is 20.0 Å². The predicted octanol–water partition coefficient (Wildman–Crippen LogP) is 8.65. The molecule has 0 saturated carbocycles. The van der Waals surface area contributed by atoms with Crippen molar-refractivity contribution < 1.29 is 44.8 Å². The molecule has 0 N–H and O–H groups in total. The molecule has 3 heteroatoms. The van der Waals surface area contributed by atoms with Gasteiger partial charge in [-0.1, -0.05) is 0 Å². The molecule has 8 aromatic rings. The van der Waals surface area contributed by atoms with Gasteiger partial charge in [0.05, 0.1) is 0 Å². The van der Waals surface area contributed by atoms with Crippen LogP contribution in [0.15, 0.2) is 157 Å². The van der Waals surface area contributed by atoms with E-state index in [-0.39, 0.29) is 24.8 Å². The Kier molecular flexibility index (Phi) is 8.85. The number of fused-ring (bicyclic) bond motifs is 6. The Bertz CT molecular complexity index is 2580. The maximum absolute atomic E-state index is 3.14. The number of benzene rings is 8. The molecule has 2 atom stereocenters. The molecule has 1 saturated heterocycles. The minimum Gasteiger partial charge on any atom is -1.00 e. The van der Waals surface area contributed by atoms with Gasteiger partial charge >= 0.3 is 312 Å². The van der Waals surface area contributed by atoms with Gasteiger partial charge in [-0.3, -0.25) is 0 Å². The maximum Gasteiger partial charge on any atom is -1.00 e. The average Bonchev–Trinajstić information content (AvgIpc) is 3.68. The molecule has 3 aliphatic rings. The van der Waals surface area contributed by atoms with E-state index in [9.17, 15) is 0 Å². The predicted molar refractivity (Wildman–Crippen MR) is 221 cm³/mol. The van der Waals surface area contributed by atoms with E-state index in [1.54, 1.807) is 22.3 Å². The summed E-state index contributed by atoms with van der Waals surface area (Å²) >= 11 is -3.14. The van der Waals surface area contributed by atoms with Gasteiger partial charge in [-0.05, 0) is 0 Å². The number of allylic oxidation sites excluding steroid dienone is 2. The summed E-state index contributed by atoms with van der Waals surface area (Å²) in [5, 5.41) is 10.7. The van der Waals surface area contributed by atoms with Crippen LogP contribution in [0, 0.1) is 0 Å². The molecule has 262 valence electrons. The van der Waals surface area contributed by atoms with E-state index in [2.05, 4.69) is 172 Å². The van der Waals surface area contributed by atoms with E-state index in [1.165, 1.54) is 91.2 Å². The van der Waals surface area contributed by atoms with Gasteiger partial charge in [0.15, 0.2) is 0 Å². The van der Waals surface area contributed by atoms with Gasteiger partial charge in [0.1, 0.15) is 0 Å². The molecule has 0 bridgehead atoms. The molecule has 2 unspecified atom stereocenters. The Labute approximate surface area is 334 Å². The van der Waals surface area contributed by atoms with E-state index < -0.39 is 20.0 Å². The Balaban J connectivity index is 0.00000192. The SMILES string of the molecule is CC1=Cc2c(-c3c4ccccc4cc4ccccc34)cccc2[CH]1[Hf+2]1([CH]2C(C)=Cc3c(-c4c5ccccc5cc5ccccc45)cccc32)[CH2]C[CH2]1.[Cl-].[Cl-]. The van der Waals surface area contributed by atoms with Crippen LogP contribution in [0.2, 0.25) is 8.35 Å². The summed E-state index contributed by atoms with van der Waals surface area (Å²) in [7, 11) is 0. The van der Waals surface area contributed by atoms with Crippen molar-refractivity contribution in [2.45, 2.75) is 36.0 Å². The molecule has 0 amide bonds. The first kappa shape index (κ1) is 35.4. The third kappa shape index (κ3) is 5.05. The Morgan fingerprint density at radius 1 is 0.426 bits per heavy atom. The first-order valence-corrected chi connectivity index (χ1v) is 28.3. The molecule has 0 radical (unpaired) electrons. The molecule has 1 heterocycles. The van der Waals surface area contributed by atoms with Gasteiger partial charge in [-0.2, -0.15) is 0 Å². The van der Waals surface area contributed by atoms with Gasteiger partial charge in [0, 0.05) is 0 Å². The summed E-state index contributed by atoms with van der Waals surface area (Å²) in [5.74, 6) is 0. The van der Waals surface area contributed by atoms with Crippen LogP contribution in [0.5, 0.6) is 0 Å². The summed E-state index contributed by atoms with van der Waals surface area (Å²) in [5.41, 5.74) is 15.0. The summed E-state index contributed by atoms with van der Waals surface area (Å²) < 4.78 is 4.17. The number of hydrogen-bond acceptors (Lipinski definition) is 0. The van der Waals surface area contributed by atoms with Crippen molar-refractivity contribution in [2.24, 2.45) is 0 Å². The van der Waals surface area contributed by atoms with Crippen molar-refractivity contribution in [3.05, 3.63) is 179 Å². The molecule has 0 aromatic heterocycles. The van der Waals surface area contributed by atoms with Crippen LogP contribution < -0.4 is 24.8 Å². The molecule has 0 nitrogen and oxygen atoms in total. The molecule has 2 aliphatic carbocycles. The van der Waals surface area contributed by atoms with Gasteiger partial charge in [-0.25, -0.2) is 0 Å². The van der Waals surface area contributed by atoms with Crippen LogP contribution in [0.3, 0.4) is 0 Å². The largest absolute Gasteiger partial charge is 1.00 e. The Hall–Kier alpha value is -4.27. The molecule has 8 aromatic carbocycles. The minimum atomic E-state index is -3.14. The second kappa shape index (κ2) is 13.5. The van der Waals surface area contributed by atoms with Gasteiger partial charge < -0.3 is 24.8 Å². The normalized spacial score (nSPS) is 17.4. The second-order valence-electron chi connectivity index (χ2n) is 15.7. The third-order valence-electron chi connectivity index (χ3n) is 13.1. The molecular formula is C51H40Cl2Hf. The fraction of sp³-hybridized carbons (Fsp3) is 0.137. The fourth-order valence-electron chi connectivity index (χ4n) is 11.0. The average molecular weight is 902 g/mol. The van der Waals surface area contributed by atoms with Crippen molar-refractivity contribution in [3.63, 3.8) is 0 Å². The van der Waals surface area contributed by atoms with Crippen LogP contribution in [0.4, 0.5) is 0 Å². The van der Waals surface area contributed by atoms with Crippen molar-refractivity contribution in [1.82, 2.24) is 0 Å². The fourth-order valence-corrected chi connectivity index (χ4v) is 33.9. The number of rotatable bonds is 4. The van der Waals surface area contributed by atoms with Gasteiger partial charge in [-0.15, -0.1) is 0 Å². The van der Waals surface area contributed by atoms with Crippen LogP contribution in [0.25, 0.3) is 77.5 Å². The minimum absolute atomic E-state index is 0. The monoisotopic (exact) mass is 902 g/mol. The molecular weight excluding hydrogens is 862 g/mol. The first-order chi connectivity index (χ1) is 25.6. The molecule has 0 spiro atoms. The van der Waals surface area contributed by atoms with Crippen molar-refractivity contribution in [3.8, 4) is 22.3 Å². The van der Waals surface area contributed by atoms with Crippen LogP contribution in [0.1, 0.15) is 49.9 Å². The van der Waals surface area contributed by atoms with Gasteiger partial charge in [0.2, 0.25) is 0 Å². The van der Waals surface area contributed by atoms with Crippen LogP contribution >= 0.6 is 0 Å². The van der Waals surface area contributed by atoms with E-state index in [0.29, 0.717) is 7.35 Å². The van der Waals surface area contributed by atoms with E-state index in [4.69, 9.17) is 0 Å². The number of hydrogen-bond donors (Lipinski definition) is 0. The molecule has 1 fully saturated rings. The van der Waals surface area contributed by atoms with Crippen molar-refractivity contribution >= 4 is 55.2 Å². The van der Waals surface area contributed by atoms with E-state index in [0.717, 1.165) is 0 Å². The van der Waals surface area contributed by atoms with Crippen LogP contribution in [-0.4, -0.2) is 0 Å². The maximum atomic E-state index is 2.61. The zero-order valence-corrected chi connectivity index (χ0v) is 35.6. The number of halogens is 2. The Morgan fingerprint density at radius 2 is 0.778 bits per heavy atom.